The SMILES string of the molecule is CCC(C)(C)NC(=O)COC(=O)c1ccccc1C(=O)c1cccs1. The van der Waals surface area contributed by atoms with Gasteiger partial charge in [0.2, 0.25) is 5.78 Å². The van der Waals surface area contributed by atoms with Gasteiger partial charge in [0.25, 0.3) is 5.91 Å². The smallest absolute Gasteiger partial charge is 0.339 e. The molecule has 0 spiro atoms. The van der Waals surface area contributed by atoms with Crippen LogP contribution in [0.3, 0.4) is 0 Å². The van der Waals surface area contributed by atoms with Crippen molar-refractivity contribution in [3.8, 4) is 0 Å². The molecule has 1 N–H and O–H groups in total. The van der Waals surface area contributed by atoms with Crippen LogP contribution >= 0.6 is 11.3 Å². The van der Waals surface area contributed by atoms with E-state index in [1.165, 1.54) is 17.4 Å². The third-order valence-corrected chi connectivity index (χ3v) is 4.70. The van der Waals surface area contributed by atoms with Crippen molar-refractivity contribution in [3.63, 3.8) is 0 Å². The third-order valence-electron chi connectivity index (χ3n) is 3.83. The van der Waals surface area contributed by atoms with Gasteiger partial charge < -0.3 is 10.1 Å². The molecule has 0 unspecified atom stereocenters. The number of hydrogen-bond donors (Lipinski definition) is 1. The number of rotatable bonds is 7. The molecule has 132 valence electrons. The normalized spacial score (nSPS) is 11.0. The molecule has 5 nitrogen and oxygen atoms in total. The molecule has 0 saturated heterocycles. The van der Waals surface area contributed by atoms with E-state index in [0.717, 1.165) is 6.42 Å². The summed E-state index contributed by atoms with van der Waals surface area (Å²) in [6.07, 6.45) is 0.755. The molecule has 1 aromatic carbocycles. The summed E-state index contributed by atoms with van der Waals surface area (Å²) in [5, 5.41) is 4.59. The molecule has 2 aromatic rings. The molecule has 0 bridgehead atoms. The quantitative estimate of drug-likeness (QED) is 0.607. The monoisotopic (exact) mass is 359 g/mol. The highest BCUT2D eigenvalue weighted by molar-refractivity contribution is 7.12. The van der Waals surface area contributed by atoms with Crippen LogP contribution in [0.5, 0.6) is 0 Å². The lowest BCUT2D eigenvalue weighted by molar-refractivity contribution is -0.125. The highest BCUT2D eigenvalue weighted by Gasteiger charge is 2.22. The van der Waals surface area contributed by atoms with Gasteiger partial charge in [0, 0.05) is 11.1 Å². The number of carbonyl (C=O) groups excluding carboxylic acids is 3. The van der Waals surface area contributed by atoms with E-state index in [1.807, 2.05) is 20.8 Å². The van der Waals surface area contributed by atoms with Crippen molar-refractivity contribution in [1.29, 1.82) is 0 Å². The minimum atomic E-state index is -0.690. The molecule has 25 heavy (non-hydrogen) atoms. The standard InChI is InChI=1S/C19H21NO4S/c1-4-19(2,3)20-16(21)12-24-18(23)14-9-6-5-8-13(14)17(22)15-10-7-11-25-15/h5-11H,4,12H2,1-3H3,(H,20,21). The molecule has 0 fully saturated rings. The zero-order chi connectivity index (χ0) is 18.4. The summed E-state index contributed by atoms with van der Waals surface area (Å²) < 4.78 is 5.09. The van der Waals surface area contributed by atoms with E-state index in [-0.39, 0.29) is 35.0 Å². The predicted octanol–water partition coefficient (Wildman–Crippen LogP) is 3.44. The van der Waals surface area contributed by atoms with Gasteiger partial charge in [-0.15, -0.1) is 11.3 Å². The number of hydrogen-bond acceptors (Lipinski definition) is 5. The van der Waals surface area contributed by atoms with Crippen LogP contribution in [0.25, 0.3) is 0 Å². The first-order valence-corrected chi connectivity index (χ1v) is 8.87. The lowest BCUT2D eigenvalue weighted by Crippen LogP contribution is -2.44. The summed E-state index contributed by atoms with van der Waals surface area (Å²) in [6.45, 7) is 5.35. The largest absolute Gasteiger partial charge is 0.452 e. The van der Waals surface area contributed by atoms with Crippen molar-refractivity contribution in [1.82, 2.24) is 5.32 Å². The first-order valence-electron chi connectivity index (χ1n) is 7.99. The maximum Gasteiger partial charge on any atom is 0.339 e. The first-order chi connectivity index (χ1) is 11.8. The molecular weight excluding hydrogens is 338 g/mol. The number of benzene rings is 1. The number of carbonyl (C=O) groups is 3. The van der Waals surface area contributed by atoms with E-state index in [2.05, 4.69) is 5.32 Å². The summed E-state index contributed by atoms with van der Waals surface area (Å²) in [5.41, 5.74) is 0.0592. The van der Waals surface area contributed by atoms with Crippen LogP contribution in [0, 0.1) is 0 Å². The van der Waals surface area contributed by atoms with Crippen LogP contribution in [0.1, 0.15) is 52.8 Å². The van der Waals surface area contributed by atoms with Gasteiger partial charge in [0.1, 0.15) is 0 Å². The fourth-order valence-corrected chi connectivity index (χ4v) is 2.79. The number of nitrogens with one attached hydrogen (secondary N) is 1. The van der Waals surface area contributed by atoms with Crippen LogP contribution in [0.4, 0.5) is 0 Å². The van der Waals surface area contributed by atoms with Crippen LogP contribution in [-0.4, -0.2) is 29.8 Å². The Kier molecular flexibility index (Phi) is 6.09. The van der Waals surface area contributed by atoms with Crippen molar-refractivity contribution in [2.24, 2.45) is 0 Å². The van der Waals surface area contributed by atoms with Crippen molar-refractivity contribution in [2.45, 2.75) is 32.7 Å². The zero-order valence-electron chi connectivity index (χ0n) is 14.5. The molecule has 0 radical (unpaired) electrons. The fraction of sp³-hybridized carbons (Fsp3) is 0.316. The zero-order valence-corrected chi connectivity index (χ0v) is 15.3. The highest BCUT2D eigenvalue weighted by atomic mass is 32.1. The summed E-state index contributed by atoms with van der Waals surface area (Å²) in [6, 6.07) is 9.93. The molecule has 1 amide bonds. The first kappa shape index (κ1) is 18.9. The Morgan fingerprint density at radius 1 is 1.08 bits per heavy atom. The van der Waals surface area contributed by atoms with E-state index in [1.54, 1.807) is 35.7 Å². The minimum absolute atomic E-state index is 0.156. The maximum absolute atomic E-state index is 12.5. The Labute approximate surface area is 151 Å². The topological polar surface area (TPSA) is 72.5 Å². The Morgan fingerprint density at radius 3 is 2.36 bits per heavy atom. The second-order valence-electron chi connectivity index (χ2n) is 6.21. The maximum atomic E-state index is 12.5. The molecule has 0 aliphatic carbocycles. The molecule has 0 atom stereocenters. The van der Waals surface area contributed by atoms with Gasteiger partial charge in [-0.25, -0.2) is 4.79 Å². The average molecular weight is 359 g/mol. The molecule has 0 saturated carbocycles. The van der Waals surface area contributed by atoms with Crippen molar-refractivity contribution in [2.75, 3.05) is 6.61 Å². The van der Waals surface area contributed by atoms with E-state index >= 15 is 0 Å². The summed E-state index contributed by atoms with van der Waals surface area (Å²) in [4.78, 5) is 37.3. The number of amides is 1. The molecule has 0 aliphatic rings. The van der Waals surface area contributed by atoms with E-state index < -0.39 is 5.97 Å². The Morgan fingerprint density at radius 2 is 1.76 bits per heavy atom. The van der Waals surface area contributed by atoms with E-state index in [4.69, 9.17) is 4.74 Å². The summed E-state index contributed by atoms with van der Waals surface area (Å²) in [7, 11) is 0. The van der Waals surface area contributed by atoms with Crippen molar-refractivity contribution < 1.29 is 19.1 Å². The molecular formula is C19H21NO4S. The van der Waals surface area contributed by atoms with Gasteiger partial charge >= 0.3 is 5.97 Å². The Bertz CT molecular complexity index is 765. The molecule has 6 heteroatoms. The van der Waals surface area contributed by atoms with Gasteiger partial charge in [0.05, 0.1) is 10.4 Å². The van der Waals surface area contributed by atoms with Crippen molar-refractivity contribution >= 4 is 29.0 Å². The lowest BCUT2D eigenvalue weighted by Gasteiger charge is -2.24. The van der Waals surface area contributed by atoms with Crippen LogP contribution in [0.2, 0.25) is 0 Å². The van der Waals surface area contributed by atoms with Crippen molar-refractivity contribution in [3.05, 3.63) is 57.8 Å². The van der Waals surface area contributed by atoms with Crippen LogP contribution in [-0.2, 0) is 9.53 Å². The van der Waals surface area contributed by atoms with Gasteiger partial charge in [-0.2, -0.15) is 0 Å². The predicted molar refractivity (Wildman–Crippen MR) is 97.0 cm³/mol. The number of ketones is 1. The lowest BCUT2D eigenvalue weighted by atomic mass is 10.0. The number of esters is 1. The van der Waals surface area contributed by atoms with Gasteiger partial charge in [0.15, 0.2) is 6.61 Å². The van der Waals surface area contributed by atoms with E-state index in [0.29, 0.717) is 4.88 Å². The molecule has 1 aromatic heterocycles. The summed E-state index contributed by atoms with van der Waals surface area (Å²) in [5.74, 6) is -1.30. The van der Waals surface area contributed by atoms with Gasteiger partial charge in [-0.1, -0.05) is 31.2 Å². The number of ether oxygens (including phenoxy) is 1. The van der Waals surface area contributed by atoms with Crippen LogP contribution < -0.4 is 5.32 Å². The second kappa shape index (κ2) is 8.07. The molecule has 0 aliphatic heterocycles. The van der Waals surface area contributed by atoms with Gasteiger partial charge in [-0.05, 0) is 37.8 Å². The second-order valence-corrected chi connectivity index (χ2v) is 7.16. The fourth-order valence-electron chi connectivity index (χ4n) is 2.11. The molecule has 1 heterocycles. The van der Waals surface area contributed by atoms with Crippen LogP contribution in [0.15, 0.2) is 41.8 Å². The Balaban J connectivity index is 2.08. The van der Waals surface area contributed by atoms with E-state index in [9.17, 15) is 14.4 Å². The summed E-state index contributed by atoms with van der Waals surface area (Å²) >= 11 is 1.31. The third kappa shape index (κ3) is 5.00. The number of thiophene rings is 1. The van der Waals surface area contributed by atoms with Gasteiger partial charge in [-0.3, -0.25) is 9.59 Å². The minimum Gasteiger partial charge on any atom is -0.452 e. The molecule has 2 rings (SSSR count). The average Bonchev–Trinajstić information content (AvgIpc) is 3.13. The Hall–Kier alpha value is -2.47. The highest BCUT2D eigenvalue weighted by Crippen LogP contribution is 2.19.